The number of ether oxygens (including phenoxy) is 1. The first-order valence-corrected chi connectivity index (χ1v) is 15.5. The van der Waals surface area contributed by atoms with E-state index in [4.69, 9.17) is 9.72 Å². The molecule has 0 unspecified atom stereocenters. The predicted octanol–water partition coefficient (Wildman–Crippen LogP) is 2.78. The maximum atomic E-state index is 12.8. The van der Waals surface area contributed by atoms with Crippen LogP contribution in [0.3, 0.4) is 0 Å². The summed E-state index contributed by atoms with van der Waals surface area (Å²) < 4.78 is 32.3. The highest BCUT2D eigenvalue weighted by molar-refractivity contribution is 7.89. The Morgan fingerprint density at radius 2 is 2.05 bits per heavy atom. The van der Waals surface area contributed by atoms with Gasteiger partial charge in [0.2, 0.25) is 5.91 Å². The zero-order chi connectivity index (χ0) is 29.4. The summed E-state index contributed by atoms with van der Waals surface area (Å²) in [5.41, 5.74) is 2.39. The molecule has 0 bridgehead atoms. The zero-order valence-electron chi connectivity index (χ0n) is 22.8. The van der Waals surface area contributed by atoms with Crippen molar-refractivity contribution in [1.82, 2.24) is 24.8 Å². The predicted molar refractivity (Wildman–Crippen MR) is 154 cm³/mol. The van der Waals surface area contributed by atoms with E-state index >= 15 is 0 Å². The molecule has 2 aromatic heterocycles. The van der Waals surface area contributed by atoms with Crippen LogP contribution in [0.2, 0.25) is 0 Å². The molecule has 2 aliphatic heterocycles. The maximum absolute atomic E-state index is 12.8. The summed E-state index contributed by atoms with van der Waals surface area (Å²) in [5.74, 6) is -0.892. The number of benzene rings is 1. The van der Waals surface area contributed by atoms with Crippen molar-refractivity contribution in [1.29, 1.82) is 0 Å². The highest BCUT2D eigenvalue weighted by atomic mass is 32.2. The summed E-state index contributed by atoms with van der Waals surface area (Å²) in [6, 6.07) is 5.49. The minimum atomic E-state index is -3.99. The summed E-state index contributed by atoms with van der Waals surface area (Å²) in [7, 11) is -3.99. The van der Waals surface area contributed by atoms with Crippen molar-refractivity contribution in [2.24, 2.45) is 0 Å². The number of fused-ring (bicyclic) bond motifs is 2. The van der Waals surface area contributed by atoms with E-state index in [0.29, 0.717) is 46.5 Å². The van der Waals surface area contributed by atoms with Gasteiger partial charge in [-0.25, -0.2) is 13.4 Å². The molecule has 0 aliphatic carbocycles. The van der Waals surface area contributed by atoms with Gasteiger partial charge < -0.3 is 20.3 Å². The third kappa shape index (κ3) is 6.17. The quantitative estimate of drug-likeness (QED) is 0.354. The Bertz CT molecular complexity index is 1660. The Hall–Kier alpha value is -4.04. The van der Waals surface area contributed by atoms with Crippen molar-refractivity contribution in [2.45, 2.75) is 45.6 Å². The van der Waals surface area contributed by atoms with E-state index in [1.54, 1.807) is 19.1 Å². The zero-order valence-corrected chi connectivity index (χ0v) is 24.5. The van der Waals surface area contributed by atoms with E-state index in [9.17, 15) is 22.8 Å². The monoisotopic (exact) mass is 598 g/mol. The van der Waals surface area contributed by atoms with E-state index in [2.05, 4.69) is 15.7 Å². The van der Waals surface area contributed by atoms with Gasteiger partial charge in [0.15, 0.2) is 10.9 Å². The molecule has 2 N–H and O–H groups in total. The van der Waals surface area contributed by atoms with Crippen LogP contribution in [0.4, 0.5) is 10.8 Å². The van der Waals surface area contributed by atoms with Gasteiger partial charge in [0.25, 0.3) is 15.9 Å². The number of carbonyl (C=O) groups is 3. The number of aromatic nitrogens is 3. The van der Waals surface area contributed by atoms with Crippen molar-refractivity contribution in [3.63, 3.8) is 0 Å². The summed E-state index contributed by atoms with van der Waals surface area (Å²) in [4.78, 5) is 43.6. The number of nitrogens with zero attached hydrogens (tertiary/aromatic N) is 4. The molecular weight excluding hydrogens is 568 g/mol. The van der Waals surface area contributed by atoms with Gasteiger partial charge in [0.05, 0.1) is 30.3 Å². The van der Waals surface area contributed by atoms with Crippen molar-refractivity contribution in [2.75, 3.05) is 23.9 Å². The van der Waals surface area contributed by atoms with E-state index < -0.39 is 21.8 Å². The minimum Gasteiger partial charge on any atom is -0.490 e. The standard InChI is InChI=1S/C27H30N6O6S2/c1-4-5-19(34)7-9-23(35)28-16-41(37,38)33-15-18(14-29-33)17-6-8-22-21(12-17)32(10-11-39-22)26-30-20-13-27(2,3)31-25(36)24(20)40-26/h4-6,8,12,14-15H,7,9-11,13,16H2,1-3H3,(H,28,35)(H,31,36). The molecule has 0 radical (unpaired) electrons. The van der Waals surface area contributed by atoms with Crippen LogP contribution < -0.4 is 20.3 Å². The molecule has 3 aromatic rings. The highest BCUT2D eigenvalue weighted by Gasteiger charge is 2.35. The first kappa shape index (κ1) is 28.5. The number of amides is 2. The third-order valence-corrected chi connectivity index (χ3v) is 8.99. The van der Waals surface area contributed by atoms with Gasteiger partial charge >= 0.3 is 0 Å². The van der Waals surface area contributed by atoms with Crippen LogP contribution in [0.5, 0.6) is 5.75 Å². The van der Waals surface area contributed by atoms with E-state index in [0.717, 1.165) is 15.5 Å². The Balaban J connectivity index is 1.33. The van der Waals surface area contributed by atoms with Gasteiger partial charge in [0.1, 0.15) is 23.1 Å². The molecule has 0 saturated carbocycles. The smallest absolute Gasteiger partial charge is 0.271 e. The number of carbonyl (C=O) groups excluding carboxylic acids is 3. The lowest BCUT2D eigenvalue weighted by atomic mass is 9.94. The molecule has 41 heavy (non-hydrogen) atoms. The number of anilines is 2. The normalized spacial score (nSPS) is 16.1. The second-order valence-electron chi connectivity index (χ2n) is 10.4. The highest BCUT2D eigenvalue weighted by Crippen LogP contribution is 2.42. The molecule has 0 atom stereocenters. The lowest BCUT2D eigenvalue weighted by Crippen LogP contribution is -2.48. The lowest BCUT2D eigenvalue weighted by Gasteiger charge is -2.29. The Morgan fingerprint density at radius 1 is 1.24 bits per heavy atom. The molecule has 4 heterocycles. The third-order valence-electron chi connectivity index (χ3n) is 6.59. The molecule has 5 rings (SSSR count). The molecule has 0 saturated heterocycles. The second kappa shape index (κ2) is 11.1. The van der Waals surface area contributed by atoms with Crippen molar-refractivity contribution in [3.05, 3.63) is 53.3 Å². The lowest BCUT2D eigenvalue weighted by molar-refractivity contribution is -0.123. The van der Waals surface area contributed by atoms with Gasteiger partial charge in [-0.1, -0.05) is 23.5 Å². The number of thiazole rings is 1. The molecular formula is C27H30N6O6S2. The van der Waals surface area contributed by atoms with Crippen molar-refractivity contribution in [3.8, 4) is 16.9 Å². The summed E-state index contributed by atoms with van der Waals surface area (Å²) in [6.07, 6.45) is 6.27. The van der Waals surface area contributed by atoms with E-state index in [-0.39, 0.29) is 30.1 Å². The van der Waals surface area contributed by atoms with Crippen LogP contribution in [-0.4, -0.2) is 64.8 Å². The molecule has 1 aromatic carbocycles. The van der Waals surface area contributed by atoms with Gasteiger partial charge in [0, 0.05) is 30.4 Å². The fraction of sp³-hybridized carbons (Fsp3) is 0.370. The molecule has 14 heteroatoms. The first-order valence-electron chi connectivity index (χ1n) is 13.0. The molecule has 2 aliphatic rings. The van der Waals surface area contributed by atoms with Crippen LogP contribution in [0.15, 0.2) is 42.7 Å². The summed E-state index contributed by atoms with van der Waals surface area (Å²) in [6.45, 7) is 6.60. The summed E-state index contributed by atoms with van der Waals surface area (Å²) >= 11 is 1.33. The Labute approximate surface area is 241 Å². The minimum absolute atomic E-state index is 0.00397. The Kier molecular flexibility index (Phi) is 7.70. The topological polar surface area (TPSA) is 153 Å². The van der Waals surface area contributed by atoms with E-state index in [1.807, 2.05) is 30.9 Å². The first-order chi connectivity index (χ1) is 19.5. The second-order valence-corrected chi connectivity index (χ2v) is 13.2. The number of hydrogen-bond acceptors (Lipinski definition) is 10. The van der Waals surface area contributed by atoms with E-state index in [1.165, 1.54) is 29.8 Å². The van der Waals surface area contributed by atoms with Crippen LogP contribution in [0, 0.1) is 0 Å². The number of nitrogens with one attached hydrogen (secondary N) is 2. The molecule has 0 spiro atoms. The fourth-order valence-electron chi connectivity index (χ4n) is 4.61. The number of ketones is 1. The molecule has 12 nitrogen and oxygen atoms in total. The SMILES string of the molecule is CC=CC(=O)CCC(=O)NCS(=O)(=O)n1cc(-c2ccc3c(c2)N(c2nc4c(s2)C(=O)NC(C)(C)C4)CCO3)cn1. The average Bonchev–Trinajstić information content (AvgIpc) is 3.58. The molecule has 216 valence electrons. The van der Waals surface area contributed by atoms with Gasteiger partial charge in [-0.05, 0) is 44.5 Å². The average molecular weight is 599 g/mol. The largest absolute Gasteiger partial charge is 0.490 e. The summed E-state index contributed by atoms with van der Waals surface area (Å²) in [5, 5.41) is 10.1. The van der Waals surface area contributed by atoms with Crippen molar-refractivity contribution < 1.29 is 27.5 Å². The van der Waals surface area contributed by atoms with Crippen LogP contribution in [0.25, 0.3) is 11.1 Å². The van der Waals surface area contributed by atoms with Gasteiger partial charge in [-0.15, -0.1) is 0 Å². The molecule has 0 fully saturated rings. The fourth-order valence-corrected chi connectivity index (χ4v) is 6.57. The number of hydrogen-bond donors (Lipinski definition) is 2. The van der Waals surface area contributed by atoms with Crippen LogP contribution in [0.1, 0.15) is 49.0 Å². The van der Waals surface area contributed by atoms with Crippen LogP contribution in [-0.2, 0) is 26.0 Å². The number of allylic oxidation sites excluding steroid dienone is 2. The molecule has 2 amide bonds. The number of rotatable bonds is 9. The van der Waals surface area contributed by atoms with Gasteiger partial charge in [-0.2, -0.15) is 9.19 Å². The Morgan fingerprint density at radius 3 is 2.83 bits per heavy atom. The maximum Gasteiger partial charge on any atom is 0.271 e. The van der Waals surface area contributed by atoms with Crippen LogP contribution >= 0.6 is 11.3 Å². The van der Waals surface area contributed by atoms with Crippen molar-refractivity contribution >= 4 is 49.8 Å². The van der Waals surface area contributed by atoms with Gasteiger partial charge in [-0.3, -0.25) is 14.4 Å².